The molecule has 7 nitrogen and oxygen atoms in total. The minimum absolute atomic E-state index is 0.140. The second-order valence-corrected chi connectivity index (χ2v) is 10.6. The van der Waals surface area contributed by atoms with Crippen LogP contribution in [-0.4, -0.2) is 39.0 Å². The summed E-state index contributed by atoms with van der Waals surface area (Å²) in [6.45, 7) is 2.13. The molecule has 0 aromatic carbocycles. The number of aromatic nitrogens is 3. The number of nitrogens with zero attached hydrogens (tertiary/aromatic N) is 3. The number of thioether (sulfide) groups is 1. The number of amides is 1. The molecule has 0 radical (unpaired) electrons. The Morgan fingerprint density at radius 3 is 2.66 bits per heavy atom. The number of fused-ring (bicyclic) bond motifs is 1. The highest BCUT2D eigenvalue weighted by Crippen LogP contribution is 2.38. The average molecular weight is 477 g/mol. The van der Waals surface area contributed by atoms with Crippen molar-refractivity contribution in [1.29, 1.82) is 0 Å². The highest BCUT2D eigenvalue weighted by atomic mass is 32.2. The largest absolute Gasteiger partial charge is 0.462 e. The molecule has 0 saturated heterocycles. The summed E-state index contributed by atoms with van der Waals surface area (Å²) in [5.41, 5.74) is 1.63. The number of ether oxygens (including phenoxy) is 1. The predicted octanol–water partition coefficient (Wildman–Crippen LogP) is 5.10. The smallest absolute Gasteiger partial charge is 0.341 e. The van der Waals surface area contributed by atoms with Crippen LogP contribution in [0.5, 0.6) is 0 Å². The quantitative estimate of drug-likeness (QED) is 0.340. The van der Waals surface area contributed by atoms with E-state index in [1.54, 1.807) is 6.92 Å². The van der Waals surface area contributed by atoms with Gasteiger partial charge in [-0.2, -0.15) is 0 Å². The van der Waals surface area contributed by atoms with Crippen molar-refractivity contribution in [1.82, 2.24) is 14.8 Å². The third-order valence-electron chi connectivity index (χ3n) is 6.33. The van der Waals surface area contributed by atoms with E-state index < -0.39 is 0 Å². The maximum Gasteiger partial charge on any atom is 0.341 e. The van der Waals surface area contributed by atoms with Crippen LogP contribution in [0.2, 0.25) is 0 Å². The SMILES string of the molecule is CCOC(=O)c1c(NC(=O)CSc2nnc(C3CCCCC3)n2C)sc2c1CCCCC2. The van der Waals surface area contributed by atoms with Crippen LogP contribution >= 0.6 is 23.1 Å². The summed E-state index contributed by atoms with van der Waals surface area (Å²) < 4.78 is 7.34. The molecule has 1 saturated carbocycles. The fourth-order valence-corrected chi connectivity index (χ4v) is 6.72. The van der Waals surface area contributed by atoms with Gasteiger partial charge in [0, 0.05) is 17.8 Å². The molecule has 0 atom stereocenters. The minimum atomic E-state index is -0.333. The van der Waals surface area contributed by atoms with Gasteiger partial charge in [0.1, 0.15) is 10.8 Å². The first-order chi connectivity index (χ1) is 15.6. The van der Waals surface area contributed by atoms with Crippen LogP contribution in [0.3, 0.4) is 0 Å². The van der Waals surface area contributed by atoms with Crippen molar-refractivity contribution >= 4 is 40.0 Å². The molecule has 4 rings (SSSR count). The molecular formula is C23H32N4O3S2. The van der Waals surface area contributed by atoms with E-state index in [0.717, 1.165) is 55.1 Å². The predicted molar refractivity (Wildman–Crippen MR) is 128 cm³/mol. The number of thiophene rings is 1. The molecule has 2 aliphatic carbocycles. The summed E-state index contributed by atoms with van der Waals surface area (Å²) in [5, 5.41) is 13.1. The molecule has 2 aliphatic rings. The summed E-state index contributed by atoms with van der Waals surface area (Å²) in [5.74, 6) is 1.25. The van der Waals surface area contributed by atoms with Gasteiger partial charge >= 0.3 is 5.97 Å². The molecule has 174 valence electrons. The lowest BCUT2D eigenvalue weighted by molar-refractivity contribution is -0.113. The van der Waals surface area contributed by atoms with Crippen molar-refractivity contribution in [2.75, 3.05) is 17.7 Å². The van der Waals surface area contributed by atoms with E-state index in [1.807, 2.05) is 11.6 Å². The first kappa shape index (κ1) is 23.3. The lowest BCUT2D eigenvalue weighted by Gasteiger charge is -2.20. The second kappa shape index (κ2) is 10.8. The van der Waals surface area contributed by atoms with Crippen molar-refractivity contribution in [3.63, 3.8) is 0 Å². The van der Waals surface area contributed by atoms with Crippen LogP contribution in [0.25, 0.3) is 0 Å². The van der Waals surface area contributed by atoms with E-state index in [4.69, 9.17) is 4.74 Å². The Kier molecular flexibility index (Phi) is 7.88. The number of hydrogen-bond donors (Lipinski definition) is 1. The number of carbonyl (C=O) groups excluding carboxylic acids is 2. The number of aryl methyl sites for hydroxylation is 1. The Morgan fingerprint density at radius 2 is 1.88 bits per heavy atom. The fourth-order valence-electron chi connectivity index (χ4n) is 4.71. The Labute approximate surface area is 197 Å². The summed E-state index contributed by atoms with van der Waals surface area (Å²) >= 11 is 2.92. The van der Waals surface area contributed by atoms with Gasteiger partial charge in [-0.3, -0.25) is 4.79 Å². The van der Waals surface area contributed by atoms with Crippen LogP contribution in [0.1, 0.15) is 90.8 Å². The van der Waals surface area contributed by atoms with Crippen LogP contribution in [0.4, 0.5) is 5.00 Å². The third-order valence-corrected chi connectivity index (χ3v) is 8.55. The molecule has 32 heavy (non-hydrogen) atoms. The lowest BCUT2D eigenvalue weighted by atomic mass is 9.89. The molecule has 0 aliphatic heterocycles. The first-order valence-corrected chi connectivity index (χ1v) is 13.5. The maximum absolute atomic E-state index is 12.8. The topological polar surface area (TPSA) is 86.1 Å². The lowest BCUT2D eigenvalue weighted by Crippen LogP contribution is -2.17. The first-order valence-electron chi connectivity index (χ1n) is 11.7. The number of rotatable bonds is 7. The van der Waals surface area contributed by atoms with E-state index in [-0.39, 0.29) is 17.6 Å². The van der Waals surface area contributed by atoms with Gasteiger partial charge in [-0.15, -0.1) is 21.5 Å². The van der Waals surface area contributed by atoms with Crippen LogP contribution in [0.15, 0.2) is 5.16 Å². The number of esters is 1. The normalized spacial score (nSPS) is 16.9. The van der Waals surface area contributed by atoms with E-state index in [2.05, 4.69) is 15.5 Å². The number of nitrogens with one attached hydrogen (secondary N) is 1. The zero-order valence-electron chi connectivity index (χ0n) is 18.9. The van der Waals surface area contributed by atoms with Gasteiger partial charge in [0.2, 0.25) is 5.91 Å². The van der Waals surface area contributed by atoms with Crippen molar-refractivity contribution in [3.05, 3.63) is 21.8 Å². The van der Waals surface area contributed by atoms with E-state index in [1.165, 1.54) is 53.7 Å². The molecule has 1 fully saturated rings. The fraction of sp³-hybridized carbons (Fsp3) is 0.652. The van der Waals surface area contributed by atoms with Crippen molar-refractivity contribution < 1.29 is 14.3 Å². The average Bonchev–Trinajstić information content (AvgIpc) is 3.23. The Bertz CT molecular complexity index is 963. The van der Waals surface area contributed by atoms with Crippen molar-refractivity contribution in [2.24, 2.45) is 7.05 Å². The van der Waals surface area contributed by atoms with Gasteiger partial charge in [-0.25, -0.2) is 4.79 Å². The number of anilines is 1. The Balaban J connectivity index is 1.43. The molecule has 0 bridgehead atoms. The van der Waals surface area contributed by atoms with Crippen LogP contribution < -0.4 is 5.32 Å². The molecule has 2 aromatic rings. The molecular weight excluding hydrogens is 444 g/mol. The zero-order valence-corrected chi connectivity index (χ0v) is 20.6. The number of carbonyl (C=O) groups is 2. The van der Waals surface area contributed by atoms with E-state index >= 15 is 0 Å². The second-order valence-electron chi connectivity index (χ2n) is 8.56. The van der Waals surface area contributed by atoms with Gasteiger partial charge in [0.15, 0.2) is 5.16 Å². The molecule has 2 heterocycles. The van der Waals surface area contributed by atoms with Crippen molar-refractivity contribution in [3.8, 4) is 0 Å². The molecule has 9 heteroatoms. The van der Waals surface area contributed by atoms with E-state index in [0.29, 0.717) is 23.1 Å². The van der Waals surface area contributed by atoms with Gasteiger partial charge in [-0.05, 0) is 51.0 Å². The van der Waals surface area contributed by atoms with Crippen molar-refractivity contribution in [2.45, 2.75) is 82.2 Å². The molecule has 2 aromatic heterocycles. The molecule has 0 spiro atoms. The van der Waals surface area contributed by atoms with Gasteiger partial charge in [0.05, 0.1) is 17.9 Å². The Hall–Kier alpha value is -1.87. The monoisotopic (exact) mass is 476 g/mol. The molecule has 1 N–H and O–H groups in total. The van der Waals surface area contributed by atoms with Gasteiger partial charge < -0.3 is 14.6 Å². The van der Waals surface area contributed by atoms with Crippen LogP contribution in [-0.2, 0) is 29.4 Å². The Morgan fingerprint density at radius 1 is 1.12 bits per heavy atom. The van der Waals surface area contributed by atoms with E-state index in [9.17, 15) is 9.59 Å². The molecule has 0 unspecified atom stereocenters. The zero-order chi connectivity index (χ0) is 22.5. The summed E-state index contributed by atoms with van der Waals surface area (Å²) in [7, 11) is 1.99. The standard InChI is InChI=1S/C23H32N4O3S2/c1-3-30-22(29)19-16-12-8-5-9-13-17(16)32-21(19)24-18(28)14-31-23-26-25-20(27(23)2)15-10-6-4-7-11-15/h15H,3-14H2,1-2H3,(H,24,28). The maximum atomic E-state index is 12.8. The molecule has 1 amide bonds. The number of hydrogen-bond acceptors (Lipinski definition) is 7. The van der Waals surface area contributed by atoms with Gasteiger partial charge in [0.25, 0.3) is 0 Å². The van der Waals surface area contributed by atoms with Gasteiger partial charge in [-0.1, -0.05) is 37.4 Å². The highest BCUT2D eigenvalue weighted by Gasteiger charge is 2.27. The third kappa shape index (κ3) is 5.20. The highest BCUT2D eigenvalue weighted by molar-refractivity contribution is 7.99. The summed E-state index contributed by atoms with van der Waals surface area (Å²) in [6, 6.07) is 0. The van der Waals surface area contributed by atoms with Crippen LogP contribution in [0, 0.1) is 0 Å². The summed E-state index contributed by atoms with van der Waals surface area (Å²) in [6.07, 6.45) is 11.3. The summed E-state index contributed by atoms with van der Waals surface area (Å²) in [4.78, 5) is 26.7. The minimum Gasteiger partial charge on any atom is -0.462 e.